The van der Waals surface area contributed by atoms with Crippen molar-refractivity contribution in [3.05, 3.63) is 294 Å². The van der Waals surface area contributed by atoms with E-state index in [9.17, 15) is 9.60 Å². The van der Waals surface area contributed by atoms with Crippen molar-refractivity contribution in [2.24, 2.45) is 0 Å². The smallest absolute Gasteiger partial charge is 0.268 e. The zero-order valence-electron chi connectivity index (χ0n) is 79.2. The van der Waals surface area contributed by atoms with Crippen molar-refractivity contribution in [3.8, 4) is 95.5 Å². The molecule has 0 fully saturated rings. The van der Waals surface area contributed by atoms with Gasteiger partial charge in [-0.2, -0.15) is 18.2 Å². The summed E-state index contributed by atoms with van der Waals surface area (Å²) in [6, 6.07) is 28.0. The zero-order chi connectivity index (χ0) is 87.0. The monoisotopic (exact) mass is 1410 g/mol. The molecule has 0 spiro atoms. The summed E-state index contributed by atoms with van der Waals surface area (Å²) in [7, 11) is 0. The molecule has 0 unspecified atom stereocenters. The van der Waals surface area contributed by atoms with Crippen LogP contribution in [-0.2, 0) is 37.3 Å². The van der Waals surface area contributed by atoms with E-state index in [4.69, 9.17) is 37.1 Å². The number of nitrogens with zero attached hydrogens (tertiary/aromatic N) is 4. The molecule has 14 aromatic rings. The van der Waals surface area contributed by atoms with Gasteiger partial charge in [-0.25, -0.2) is 4.98 Å². The molecule has 0 saturated carbocycles. The Labute approximate surface area is 600 Å². The molecule has 462 valence electrons. The molecule has 6 heteroatoms. The number of pyridine rings is 1. The second kappa shape index (κ2) is 24.4. The van der Waals surface area contributed by atoms with Crippen molar-refractivity contribution < 1.29 is 67.4 Å². The van der Waals surface area contributed by atoms with Crippen molar-refractivity contribution in [1.82, 2.24) is 14.1 Å². The summed E-state index contributed by atoms with van der Waals surface area (Å²) in [5.74, 6) is 0.183. The summed E-state index contributed by atoms with van der Waals surface area (Å²) in [5.41, 5.74) is -1.72. The van der Waals surface area contributed by atoms with Crippen LogP contribution in [0.3, 0.4) is 0 Å². The SMILES string of the molecule is [2H]c1c([2H])c([2H])c(-c2cnc(-n3c4[c-]c(Oc5[c-]c(-n6[c-][n+](-c7c(-c8cc(C(C)(C)C)cc(C(C)(C)C)c8)cc(C(C)(C)C)cc7-c7c([2H])c(-c8c([2H])c([2H])c([2H])c([2H])c8[2H])c([2H])c(-c8c([2H])c([2H])c([2H])c([2H])c8[2H])c7[2H])c7ccc(-c8c(C([2H])([2H])[2H])cccc8C([2H])([2H])[2H])cc76)ccc5)ccc4c4ccccc43)cc2C([2H])([2H])[2H])c([2H])c1[2H].[Pt]. The van der Waals surface area contributed by atoms with Crippen molar-refractivity contribution in [2.45, 2.75) is 99.1 Å². The van der Waals surface area contributed by atoms with Crippen LogP contribution in [0.5, 0.6) is 11.5 Å². The van der Waals surface area contributed by atoms with Gasteiger partial charge in [0.05, 0.1) is 41.4 Å². The fourth-order valence-electron chi connectivity index (χ4n) is 11.5. The first kappa shape index (κ1) is 37.7. The van der Waals surface area contributed by atoms with Gasteiger partial charge in [0, 0.05) is 62.2 Å². The predicted molar refractivity (Wildman–Crippen MR) is 383 cm³/mol. The maximum absolute atomic E-state index is 10.7. The van der Waals surface area contributed by atoms with Crippen molar-refractivity contribution in [1.29, 1.82) is 0 Å². The molecule has 14 rings (SSSR count). The zero-order valence-corrected chi connectivity index (χ0v) is 54.5. The number of rotatable bonds is 11. The van der Waals surface area contributed by atoms with Crippen molar-refractivity contribution >= 4 is 32.8 Å². The first-order valence-electron chi connectivity index (χ1n) is 43.4. The number of para-hydroxylation sites is 1. The molecular formula is C87H76N4OPt-2. The normalized spacial score (nSPS) is 16.5. The number of fused-ring (bicyclic) bond motifs is 4. The topological polar surface area (TPSA) is 35.9 Å². The molecule has 0 N–H and O–H groups in total. The third-order valence-corrected chi connectivity index (χ3v) is 16.4. The van der Waals surface area contributed by atoms with Gasteiger partial charge >= 0.3 is 0 Å². The summed E-state index contributed by atoms with van der Waals surface area (Å²) in [6.07, 6.45) is 4.74. The minimum atomic E-state index is -2.92. The Hall–Kier alpha value is -9.67. The van der Waals surface area contributed by atoms with Crippen LogP contribution in [0.2, 0.25) is 0 Å². The molecule has 3 aromatic heterocycles. The van der Waals surface area contributed by atoms with Gasteiger partial charge in [-0.15, -0.1) is 29.7 Å². The fourth-order valence-corrected chi connectivity index (χ4v) is 11.5. The number of benzene rings is 11. The van der Waals surface area contributed by atoms with E-state index in [1.807, 2.05) is 51.1 Å². The van der Waals surface area contributed by atoms with Gasteiger partial charge in [0.1, 0.15) is 5.82 Å². The Kier molecular flexibility index (Phi) is 9.91. The molecule has 0 saturated heterocycles. The van der Waals surface area contributed by atoms with Crippen LogP contribution in [0, 0.1) is 39.0 Å². The molecule has 3 heterocycles. The summed E-state index contributed by atoms with van der Waals surface area (Å²) in [5, 5.41) is 1.30. The number of hydrogen-bond donors (Lipinski definition) is 0. The van der Waals surface area contributed by atoms with E-state index in [0.29, 0.717) is 38.5 Å². The van der Waals surface area contributed by atoms with Crippen LogP contribution in [-0.4, -0.2) is 14.1 Å². The second-order valence-corrected chi connectivity index (χ2v) is 25.7. The molecule has 11 aromatic carbocycles. The van der Waals surface area contributed by atoms with Gasteiger partial charge < -0.3 is 13.9 Å². The van der Waals surface area contributed by atoms with Gasteiger partial charge in [0.15, 0.2) is 0 Å². The largest absolute Gasteiger partial charge is 0.510 e. The van der Waals surface area contributed by atoms with Gasteiger partial charge in [0.25, 0.3) is 6.33 Å². The van der Waals surface area contributed by atoms with E-state index in [0.717, 1.165) is 11.1 Å². The number of aromatic nitrogens is 4. The minimum Gasteiger partial charge on any atom is -0.510 e. The third kappa shape index (κ3) is 12.0. The first-order chi connectivity index (χ1) is 55.3. The average molecular weight is 1420 g/mol. The van der Waals surface area contributed by atoms with Crippen LogP contribution in [0.15, 0.2) is 242 Å². The molecule has 0 atom stereocenters. The molecule has 0 aliphatic rings. The molecule has 0 radical (unpaired) electrons. The predicted octanol–water partition coefficient (Wildman–Crippen LogP) is 22.4. The molecule has 0 aliphatic heterocycles. The Balaban J connectivity index is 0.0000124. The average Bonchev–Trinajstić information content (AvgIpc) is 1.25. The first-order valence-corrected chi connectivity index (χ1v) is 29.9. The van der Waals surface area contributed by atoms with E-state index in [1.165, 1.54) is 30.5 Å². The maximum Gasteiger partial charge on any atom is 0.268 e. The minimum absolute atomic E-state index is 0. The maximum atomic E-state index is 10.7. The van der Waals surface area contributed by atoms with Gasteiger partial charge in [-0.05, 0) is 179 Å². The van der Waals surface area contributed by atoms with E-state index in [1.54, 1.807) is 80.4 Å². The van der Waals surface area contributed by atoms with Crippen LogP contribution in [0.4, 0.5) is 0 Å². The van der Waals surface area contributed by atoms with E-state index < -0.39 is 173 Å². The van der Waals surface area contributed by atoms with Gasteiger partial charge in [-0.1, -0.05) is 237 Å². The fraction of sp³-hybridized carbons (Fsp3) is 0.172. The molecule has 0 bridgehead atoms. The van der Waals surface area contributed by atoms with Crippen molar-refractivity contribution in [2.75, 3.05) is 0 Å². The Morgan fingerprint density at radius 2 is 1.03 bits per heavy atom. The standard InChI is InChI=1S/C87H76N4O.Pt/c1-56-26-24-27-57(2)83(56)62-38-41-79-81(48-62)89(70-34-25-35-71(52-70)92-72-39-40-74-73-36-22-23-37-78(73)91(80(74)53-72)82-42-58(3)77(54-88-82)61-32-20-15-21-33-61)55-90(79)84-75(65-44-63(59-28-16-13-17-29-59)43-64(45-65)60-30-18-14-19-31-60)50-69(87(10,11)12)51-76(84)66-46-67(85(4,5)6)49-68(47-66)86(7,8)9;/h13-51,54H,1-12H3;/q-2;/i1D3,2D3,3D3,13D,14D,15D,16D,17D,18D,19D,20D,21D,28D,29D,30D,31D,32D,33D,43D,44D,45D;. The van der Waals surface area contributed by atoms with Gasteiger partial charge in [-0.3, -0.25) is 4.57 Å². The number of imidazole rings is 1. The molecule has 0 amide bonds. The molecule has 93 heavy (non-hydrogen) atoms. The summed E-state index contributed by atoms with van der Waals surface area (Å²) >= 11 is 0. The number of aryl methyl sites for hydroxylation is 3. The quantitative estimate of drug-likeness (QED) is 0.0956. The van der Waals surface area contributed by atoms with Crippen LogP contribution in [0.1, 0.15) is 133 Å². The van der Waals surface area contributed by atoms with E-state index in [-0.39, 0.29) is 105 Å². The van der Waals surface area contributed by atoms with Crippen LogP contribution < -0.4 is 9.30 Å². The molecule has 5 nitrogen and oxygen atoms in total. The summed E-state index contributed by atoms with van der Waals surface area (Å²) in [4.78, 5) is 4.72. The molecular weight excluding hydrogens is 1310 g/mol. The summed E-state index contributed by atoms with van der Waals surface area (Å²) in [6.45, 7) is 9.39. The Morgan fingerprint density at radius 1 is 0.462 bits per heavy atom. The number of hydrogen-bond acceptors (Lipinski definition) is 2. The van der Waals surface area contributed by atoms with E-state index >= 15 is 0 Å². The van der Waals surface area contributed by atoms with Gasteiger partial charge in [0.2, 0.25) is 0 Å². The second-order valence-electron chi connectivity index (χ2n) is 25.7. The van der Waals surface area contributed by atoms with Crippen molar-refractivity contribution in [3.63, 3.8) is 0 Å². The Morgan fingerprint density at radius 3 is 1.66 bits per heavy atom. The summed E-state index contributed by atoms with van der Waals surface area (Å²) < 4.78 is 256. The third-order valence-electron chi connectivity index (χ3n) is 16.4. The Bertz CT molecular complexity index is 6410. The van der Waals surface area contributed by atoms with Crippen LogP contribution >= 0.6 is 0 Å². The molecule has 0 aliphatic carbocycles. The number of ether oxygens (including phenoxy) is 1. The van der Waals surface area contributed by atoms with Crippen LogP contribution in [0.25, 0.3) is 117 Å². The van der Waals surface area contributed by atoms with E-state index in [2.05, 4.69) is 66.1 Å².